The molecule has 0 aliphatic carbocycles. The van der Waals surface area contributed by atoms with Crippen LogP contribution >= 0.6 is 0 Å². The van der Waals surface area contributed by atoms with Crippen molar-refractivity contribution in [1.82, 2.24) is 15.2 Å². The average Bonchev–Trinajstić information content (AvgIpc) is 2.86. The SMILES string of the molecule is CC[C@H](C)[C@H](NC(=O)OCc1ccccc1)C(=O)N1CCCC(C(=O)Nc2cccc(C)n2)C1. The van der Waals surface area contributed by atoms with Crippen LogP contribution in [0.25, 0.3) is 0 Å². The third kappa shape index (κ3) is 7.04. The minimum absolute atomic E-state index is 0.0810. The number of piperidine rings is 1. The Hall–Kier alpha value is -3.42. The molecule has 0 radical (unpaired) electrons. The highest BCUT2D eigenvalue weighted by atomic mass is 16.5. The fraction of sp³-hybridized carbons (Fsp3) is 0.462. The fourth-order valence-electron chi connectivity index (χ4n) is 4.00. The quantitative estimate of drug-likeness (QED) is 0.614. The number of nitrogens with one attached hydrogen (secondary N) is 2. The molecule has 1 fully saturated rings. The van der Waals surface area contributed by atoms with Crippen molar-refractivity contribution >= 4 is 23.7 Å². The van der Waals surface area contributed by atoms with Gasteiger partial charge in [0.1, 0.15) is 18.5 Å². The highest BCUT2D eigenvalue weighted by Crippen LogP contribution is 2.21. The molecule has 3 atom stereocenters. The molecule has 8 heteroatoms. The lowest BCUT2D eigenvalue weighted by Crippen LogP contribution is -2.54. The number of rotatable bonds is 8. The van der Waals surface area contributed by atoms with Crippen LogP contribution in [0.2, 0.25) is 0 Å². The molecule has 1 unspecified atom stereocenters. The molecule has 34 heavy (non-hydrogen) atoms. The summed E-state index contributed by atoms with van der Waals surface area (Å²) in [6.07, 6.45) is 1.50. The first-order valence-electron chi connectivity index (χ1n) is 11.9. The number of ether oxygens (including phenoxy) is 1. The Balaban J connectivity index is 1.60. The fourth-order valence-corrected chi connectivity index (χ4v) is 4.00. The molecule has 2 aromatic rings. The third-order valence-electron chi connectivity index (χ3n) is 6.21. The summed E-state index contributed by atoms with van der Waals surface area (Å²) in [5.74, 6) is -0.234. The van der Waals surface area contributed by atoms with Gasteiger partial charge in [0.15, 0.2) is 0 Å². The molecule has 1 aliphatic heterocycles. The summed E-state index contributed by atoms with van der Waals surface area (Å²) in [5.41, 5.74) is 1.69. The molecule has 2 N–H and O–H groups in total. The van der Waals surface area contributed by atoms with Crippen molar-refractivity contribution in [2.45, 2.75) is 52.7 Å². The van der Waals surface area contributed by atoms with Crippen molar-refractivity contribution < 1.29 is 19.1 Å². The van der Waals surface area contributed by atoms with E-state index in [-0.39, 0.29) is 30.3 Å². The van der Waals surface area contributed by atoms with Gasteiger partial charge < -0.3 is 20.3 Å². The highest BCUT2D eigenvalue weighted by molar-refractivity contribution is 5.93. The number of carbonyl (C=O) groups is 3. The van der Waals surface area contributed by atoms with Crippen LogP contribution in [0.4, 0.5) is 10.6 Å². The van der Waals surface area contributed by atoms with Gasteiger partial charge in [-0.25, -0.2) is 9.78 Å². The lowest BCUT2D eigenvalue weighted by molar-refractivity contribution is -0.137. The van der Waals surface area contributed by atoms with E-state index in [1.165, 1.54) is 0 Å². The second-order valence-corrected chi connectivity index (χ2v) is 8.85. The molecule has 0 bridgehead atoms. The summed E-state index contributed by atoms with van der Waals surface area (Å²) in [6.45, 7) is 6.76. The zero-order chi connectivity index (χ0) is 24.5. The number of alkyl carbamates (subject to hydrolysis) is 1. The van der Waals surface area contributed by atoms with Gasteiger partial charge in [-0.15, -0.1) is 0 Å². The third-order valence-corrected chi connectivity index (χ3v) is 6.21. The van der Waals surface area contributed by atoms with E-state index < -0.39 is 12.1 Å². The lowest BCUT2D eigenvalue weighted by atomic mass is 9.93. The van der Waals surface area contributed by atoms with E-state index >= 15 is 0 Å². The smallest absolute Gasteiger partial charge is 0.408 e. The second kappa shape index (κ2) is 12.2. The number of pyridine rings is 1. The zero-order valence-corrected chi connectivity index (χ0v) is 20.1. The van der Waals surface area contributed by atoms with E-state index in [9.17, 15) is 14.4 Å². The molecule has 8 nitrogen and oxygen atoms in total. The minimum Gasteiger partial charge on any atom is -0.445 e. The van der Waals surface area contributed by atoms with Gasteiger partial charge in [-0.2, -0.15) is 0 Å². The molecule has 1 aromatic carbocycles. The predicted octanol–water partition coefficient (Wildman–Crippen LogP) is 3.91. The Morgan fingerprint density at radius 3 is 2.62 bits per heavy atom. The Kier molecular flexibility index (Phi) is 9.01. The number of hydrogen-bond acceptors (Lipinski definition) is 5. The summed E-state index contributed by atoms with van der Waals surface area (Å²) in [7, 11) is 0. The molecule has 1 saturated heterocycles. The van der Waals surface area contributed by atoms with Crippen LogP contribution in [0, 0.1) is 18.8 Å². The first kappa shape index (κ1) is 25.2. The maximum absolute atomic E-state index is 13.4. The molecule has 2 heterocycles. The van der Waals surface area contributed by atoms with Gasteiger partial charge in [0.05, 0.1) is 5.92 Å². The second-order valence-electron chi connectivity index (χ2n) is 8.85. The van der Waals surface area contributed by atoms with Crippen LogP contribution in [-0.4, -0.2) is 46.9 Å². The number of carbonyl (C=O) groups excluding carboxylic acids is 3. The Morgan fingerprint density at radius 2 is 1.91 bits per heavy atom. The van der Waals surface area contributed by atoms with Gasteiger partial charge >= 0.3 is 6.09 Å². The molecular formula is C26H34N4O4. The van der Waals surface area contributed by atoms with Gasteiger partial charge in [0.2, 0.25) is 11.8 Å². The van der Waals surface area contributed by atoms with Crippen molar-refractivity contribution in [3.63, 3.8) is 0 Å². The van der Waals surface area contributed by atoms with Gasteiger partial charge in [-0.1, -0.05) is 56.7 Å². The van der Waals surface area contributed by atoms with Crippen molar-refractivity contribution in [3.8, 4) is 0 Å². The number of aryl methyl sites for hydroxylation is 1. The standard InChI is InChI=1S/C26H34N4O4/c1-4-18(2)23(29-26(33)34-17-20-11-6-5-7-12-20)25(32)30-15-9-13-21(16-30)24(31)28-22-14-8-10-19(3)27-22/h5-8,10-12,14,18,21,23H,4,9,13,15-17H2,1-3H3,(H,29,33)(H,27,28,31)/t18-,21?,23-/m0/s1. The largest absolute Gasteiger partial charge is 0.445 e. The number of likely N-dealkylation sites (tertiary alicyclic amines) is 1. The van der Waals surface area contributed by atoms with Crippen molar-refractivity contribution in [2.75, 3.05) is 18.4 Å². The van der Waals surface area contributed by atoms with E-state index in [1.807, 2.05) is 63.2 Å². The summed E-state index contributed by atoms with van der Waals surface area (Å²) in [5, 5.41) is 5.62. The Morgan fingerprint density at radius 1 is 1.15 bits per heavy atom. The molecule has 3 rings (SSSR count). The van der Waals surface area contributed by atoms with Gasteiger partial charge in [0, 0.05) is 18.8 Å². The van der Waals surface area contributed by atoms with E-state index in [4.69, 9.17) is 4.74 Å². The predicted molar refractivity (Wildman–Crippen MR) is 130 cm³/mol. The van der Waals surface area contributed by atoms with E-state index in [0.29, 0.717) is 31.7 Å². The number of amides is 3. The van der Waals surface area contributed by atoms with Crippen LogP contribution in [0.15, 0.2) is 48.5 Å². The lowest BCUT2D eigenvalue weighted by Gasteiger charge is -2.35. The van der Waals surface area contributed by atoms with Crippen LogP contribution in [0.3, 0.4) is 0 Å². The molecule has 0 spiro atoms. The summed E-state index contributed by atoms with van der Waals surface area (Å²) >= 11 is 0. The number of aromatic nitrogens is 1. The van der Waals surface area contributed by atoms with E-state index in [0.717, 1.165) is 17.7 Å². The maximum atomic E-state index is 13.4. The van der Waals surface area contributed by atoms with Crippen molar-refractivity contribution in [1.29, 1.82) is 0 Å². The number of anilines is 1. The molecule has 3 amide bonds. The topological polar surface area (TPSA) is 101 Å². The normalized spacial score (nSPS) is 17.4. The first-order chi connectivity index (χ1) is 16.4. The molecule has 0 saturated carbocycles. The Bertz CT molecular complexity index is 982. The molecule has 1 aliphatic rings. The minimum atomic E-state index is -0.714. The number of benzene rings is 1. The summed E-state index contributed by atoms with van der Waals surface area (Å²) in [6, 6.07) is 14.1. The van der Waals surface area contributed by atoms with Crippen molar-refractivity contribution in [3.05, 3.63) is 59.8 Å². The van der Waals surface area contributed by atoms with Crippen LogP contribution in [-0.2, 0) is 20.9 Å². The van der Waals surface area contributed by atoms with Crippen LogP contribution < -0.4 is 10.6 Å². The van der Waals surface area contributed by atoms with Gasteiger partial charge in [-0.05, 0) is 43.4 Å². The monoisotopic (exact) mass is 466 g/mol. The molecule has 182 valence electrons. The summed E-state index contributed by atoms with van der Waals surface area (Å²) in [4.78, 5) is 44.7. The van der Waals surface area contributed by atoms with E-state index in [2.05, 4.69) is 15.6 Å². The van der Waals surface area contributed by atoms with E-state index in [1.54, 1.807) is 11.0 Å². The summed E-state index contributed by atoms with van der Waals surface area (Å²) < 4.78 is 5.33. The van der Waals surface area contributed by atoms with Crippen LogP contribution in [0.5, 0.6) is 0 Å². The average molecular weight is 467 g/mol. The number of nitrogens with zero attached hydrogens (tertiary/aromatic N) is 2. The highest BCUT2D eigenvalue weighted by Gasteiger charge is 2.35. The van der Waals surface area contributed by atoms with Crippen molar-refractivity contribution in [2.24, 2.45) is 11.8 Å². The molecule has 1 aromatic heterocycles. The zero-order valence-electron chi connectivity index (χ0n) is 20.1. The van der Waals surface area contributed by atoms with Gasteiger partial charge in [-0.3, -0.25) is 9.59 Å². The van der Waals surface area contributed by atoms with Crippen LogP contribution in [0.1, 0.15) is 44.4 Å². The first-order valence-corrected chi connectivity index (χ1v) is 11.9. The Labute approximate surface area is 201 Å². The maximum Gasteiger partial charge on any atom is 0.408 e. The molecular weight excluding hydrogens is 432 g/mol. The number of hydrogen-bond donors (Lipinski definition) is 2. The van der Waals surface area contributed by atoms with Gasteiger partial charge in [0.25, 0.3) is 0 Å².